The number of nitrogens with zero attached hydrogens (tertiary/aromatic N) is 2. The van der Waals surface area contributed by atoms with Crippen molar-refractivity contribution in [1.82, 2.24) is 9.97 Å². The monoisotopic (exact) mass is 464 g/mol. The molecule has 1 unspecified atom stereocenters. The molecule has 0 radical (unpaired) electrons. The molecule has 0 aliphatic heterocycles. The standard InChI is InChI=1S/C15H12N2O2.C8H11NO.C3H9NO/c1-18-15-14-12(7-9-17-15)13(8-10-16-14)19-11-5-3-2-4-6-11;1-10-8-4-2-7(6-9)3-5-8;1-3(5)2-4/h2-10H,1H3;2-5H,6,9H2,1H3;3,5H,2,4H2,1H3. The van der Waals surface area contributed by atoms with E-state index >= 15 is 0 Å². The first-order chi connectivity index (χ1) is 16.5. The number of pyridine rings is 2. The quantitative estimate of drug-likeness (QED) is 0.392. The molecule has 8 heteroatoms. The maximum atomic E-state index is 8.24. The Morgan fingerprint density at radius 1 is 0.824 bits per heavy atom. The maximum absolute atomic E-state index is 8.24. The topological polar surface area (TPSA) is 126 Å². The highest BCUT2D eigenvalue weighted by Crippen LogP contribution is 2.31. The molecule has 1 atom stereocenters. The molecule has 8 nitrogen and oxygen atoms in total. The number of methoxy groups -OCH3 is 2. The van der Waals surface area contributed by atoms with E-state index in [1.807, 2.05) is 66.7 Å². The molecule has 4 aromatic rings. The molecule has 0 aliphatic rings. The minimum Gasteiger partial charge on any atom is -0.497 e. The molecule has 2 aromatic carbocycles. The largest absolute Gasteiger partial charge is 0.497 e. The fourth-order valence-corrected chi connectivity index (χ4v) is 2.64. The van der Waals surface area contributed by atoms with Gasteiger partial charge < -0.3 is 30.8 Å². The number of aliphatic hydroxyl groups is 1. The molecule has 0 saturated heterocycles. The Morgan fingerprint density at radius 3 is 2.03 bits per heavy atom. The van der Waals surface area contributed by atoms with Gasteiger partial charge in [-0.2, -0.15) is 0 Å². The predicted molar refractivity (Wildman–Crippen MR) is 134 cm³/mol. The first-order valence-corrected chi connectivity index (χ1v) is 10.7. The van der Waals surface area contributed by atoms with E-state index in [0.29, 0.717) is 24.5 Å². The first kappa shape index (κ1) is 26.5. The SMILES string of the molecule is CC(O)CN.COc1ccc(CN)cc1.COc1nccc2c(Oc3ccccc3)ccnc12. The van der Waals surface area contributed by atoms with Crippen molar-refractivity contribution in [2.24, 2.45) is 11.5 Å². The van der Waals surface area contributed by atoms with Gasteiger partial charge in [0.1, 0.15) is 22.8 Å². The van der Waals surface area contributed by atoms with Gasteiger partial charge in [0.05, 0.1) is 25.7 Å². The molecule has 0 bridgehead atoms. The van der Waals surface area contributed by atoms with E-state index in [1.54, 1.807) is 33.5 Å². The summed E-state index contributed by atoms with van der Waals surface area (Å²) in [5.41, 5.74) is 12.1. The van der Waals surface area contributed by atoms with E-state index in [-0.39, 0.29) is 6.10 Å². The van der Waals surface area contributed by atoms with Gasteiger partial charge in [-0.3, -0.25) is 4.98 Å². The van der Waals surface area contributed by atoms with Crippen molar-refractivity contribution in [1.29, 1.82) is 0 Å². The Hall–Kier alpha value is -3.72. The summed E-state index contributed by atoms with van der Waals surface area (Å²) in [6.45, 7) is 2.60. The summed E-state index contributed by atoms with van der Waals surface area (Å²) in [6.07, 6.45) is 3.03. The number of nitrogens with two attached hydrogens (primary N) is 2. The number of para-hydroxylation sites is 1. The van der Waals surface area contributed by atoms with Gasteiger partial charge in [0, 0.05) is 25.5 Å². The lowest BCUT2D eigenvalue weighted by atomic mass is 10.2. The smallest absolute Gasteiger partial charge is 0.240 e. The summed E-state index contributed by atoms with van der Waals surface area (Å²) in [4.78, 5) is 8.42. The fourth-order valence-electron chi connectivity index (χ4n) is 2.64. The number of hydrogen-bond donors (Lipinski definition) is 3. The molecular weight excluding hydrogens is 432 g/mol. The molecule has 2 aromatic heterocycles. The van der Waals surface area contributed by atoms with Crippen molar-refractivity contribution < 1.29 is 19.3 Å². The summed E-state index contributed by atoms with van der Waals surface area (Å²) in [7, 11) is 3.23. The van der Waals surface area contributed by atoms with Crippen LogP contribution in [-0.2, 0) is 6.54 Å². The van der Waals surface area contributed by atoms with Gasteiger partial charge >= 0.3 is 0 Å². The molecule has 34 heavy (non-hydrogen) atoms. The van der Waals surface area contributed by atoms with Gasteiger partial charge in [-0.1, -0.05) is 30.3 Å². The number of ether oxygens (including phenoxy) is 3. The second-order valence-electron chi connectivity index (χ2n) is 7.08. The number of aromatic nitrogens is 2. The van der Waals surface area contributed by atoms with Gasteiger partial charge in [0.25, 0.3) is 0 Å². The van der Waals surface area contributed by atoms with Gasteiger partial charge in [0.2, 0.25) is 5.88 Å². The van der Waals surface area contributed by atoms with E-state index in [1.165, 1.54) is 0 Å². The molecule has 0 saturated carbocycles. The zero-order chi connectivity index (χ0) is 24.8. The summed E-state index contributed by atoms with van der Waals surface area (Å²) in [5, 5.41) is 9.11. The van der Waals surface area contributed by atoms with Gasteiger partial charge in [-0.05, 0) is 48.9 Å². The Balaban J connectivity index is 0.000000228. The molecule has 0 amide bonds. The van der Waals surface area contributed by atoms with Crippen LogP contribution in [0.2, 0.25) is 0 Å². The predicted octanol–water partition coefficient (Wildman–Crippen LogP) is 3.91. The highest BCUT2D eigenvalue weighted by molar-refractivity contribution is 5.88. The van der Waals surface area contributed by atoms with Crippen LogP contribution in [0.15, 0.2) is 79.1 Å². The summed E-state index contributed by atoms with van der Waals surface area (Å²) >= 11 is 0. The third-order valence-electron chi connectivity index (χ3n) is 4.49. The fraction of sp³-hybridized carbons (Fsp3) is 0.231. The number of benzene rings is 2. The number of fused-ring (bicyclic) bond motifs is 1. The molecule has 0 aliphatic carbocycles. The first-order valence-electron chi connectivity index (χ1n) is 10.7. The van der Waals surface area contributed by atoms with Gasteiger partial charge in [-0.15, -0.1) is 0 Å². The second kappa shape index (κ2) is 14.4. The van der Waals surface area contributed by atoms with Crippen LogP contribution in [0.25, 0.3) is 10.9 Å². The summed E-state index contributed by atoms with van der Waals surface area (Å²) in [5.74, 6) is 2.89. The lowest BCUT2D eigenvalue weighted by Gasteiger charge is -2.09. The molecule has 5 N–H and O–H groups in total. The van der Waals surface area contributed by atoms with Crippen LogP contribution in [0, 0.1) is 0 Å². The van der Waals surface area contributed by atoms with Crippen molar-refractivity contribution in [3.05, 3.63) is 84.7 Å². The van der Waals surface area contributed by atoms with Gasteiger partial charge in [-0.25, -0.2) is 4.98 Å². The van der Waals surface area contributed by atoms with Crippen LogP contribution in [-0.4, -0.2) is 41.9 Å². The van der Waals surface area contributed by atoms with Crippen molar-refractivity contribution >= 4 is 10.9 Å². The van der Waals surface area contributed by atoms with Crippen LogP contribution in [0.5, 0.6) is 23.1 Å². The van der Waals surface area contributed by atoms with E-state index in [9.17, 15) is 0 Å². The van der Waals surface area contributed by atoms with E-state index < -0.39 is 0 Å². The van der Waals surface area contributed by atoms with Crippen LogP contribution >= 0.6 is 0 Å². The molecule has 4 rings (SSSR count). The average Bonchev–Trinajstić information content (AvgIpc) is 2.90. The molecule has 0 fully saturated rings. The molecular formula is C26H32N4O4. The lowest BCUT2D eigenvalue weighted by molar-refractivity contribution is 0.203. The van der Waals surface area contributed by atoms with Crippen LogP contribution in [0.4, 0.5) is 0 Å². The van der Waals surface area contributed by atoms with Crippen molar-refractivity contribution in [3.8, 4) is 23.1 Å². The van der Waals surface area contributed by atoms with Gasteiger partial charge in [0.15, 0.2) is 0 Å². The Bertz CT molecular complexity index is 1080. The highest BCUT2D eigenvalue weighted by atomic mass is 16.5. The number of hydrogen-bond acceptors (Lipinski definition) is 8. The molecule has 2 heterocycles. The molecule has 0 spiro atoms. The zero-order valence-corrected chi connectivity index (χ0v) is 19.7. The Kier molecular flexibility index (Phi) is 11.3. The summed E-state index contributed by atoms with van der Waals surface area (Å²) < 4.78 is 16.0. The van der Waals surface area contributed by atoms with Crippen molar-refractivity contribution in [2.45, 2.75) is 19.6 Å². The van der Waals surface area contributed by atoms with Crippen molar-refractivity contribution in [3.63, 3.8) is 0 Å². The minimum atomic E-state index is -0.338. The Morgan fingerprint density at radius 2 is 1.47 bits per heavy atom. The van der Waals surface area contributed by atoms with Crippen LogP contribution in [0.1, 0.15) is 12.5 Å². The third kappa shape index (κ3) is 8.32. The third-order valence-corrected chi connectivity index (χ3v) is 4.49. The van der Waals surface area contributed by atoms with Crippen molar-refractivity contribution in [2.75, 3.05) is 20.8 Å². The normalized spacial score (nSPS) is 10.8. The Labute approximate surface area is 200 Å². The van der Waals surface area contributed by atoms with E-state index in [0.717, 1.165) is 28.2 Å². The lowest BCUT2D eigenvalue weighted by Crippen LogP contribution is -2.14. The molecule has 180 valence electrons. The van der Waals surface area contributed by atoms with E-state index in [2.05, 4.69) is 9.97 Å². The number of aliphatic hydroxyl groups excluding tert-OH is 1. The summed E-state index contributed by atoms with van der Waals surface area (Å²) in [6, 6.07) is 21.0. The highest BCUT2D eigenvalue weighted by Gasteiger charge is 2.09. The van der Waals surface area contributed by atoms with E-state index in [4.69, 9.17) is 30.8 Å². The number of rotatable bonds is 6. The zero-order valence-electron chi connectivity index (χ0n) is 19.7. The second-order valence-corrected chi connectivity index (χ2v) is 7.08. The van der Waals surface area contributed by atoms with Crippen LogP contribution < -0.4 is 25.7 Å². The van der Waals surface area contributed by atoms with Crippen LogP contribution in [0.3, 0.4) is 0 Å². The average molecular weight is 465 g/mol. The minimum absolute atomic E-state index is 0.338. The maximum Gasteiger partial charge on any atom is 0.240 e.